The lowest BCUT2D eigenvalue weighted by Gasteiger charge is -2.44. The molecular weight excluding hydrogens is 255 g/mol. The molecule has 0 spiro atoms. The molecule has 0 bridgehead atoms. The Morgan fingerprint density at radius 1 is 1.32 bits per heavy atom. The highest BCUT2D eigenvalue weighted by Crippen LogP contribution is 2.41. The predicted molar refractivity (Wildman–Crippen MR) is 67.6 cm³/mol. The summed E-state index contributed by atoms with van der Waals surface area (Å²) in [5.74, 6) is 0. The summed E-state index contributed by atoms with van der Waals surface area (Å²) in [4.78, 5) is 1.97. The Morgan fingerprint density at radius 2 is 2.11 bits per heavy atom. The molecule has 3 rings (SSSR count). The first-order chi connectivity index (χ1) is 8.98. The number of alkyl halides is 3. The molecule has 0 aliphatic carbocycles. The smallest absolute Gasteiger partial charge is 0.364 e. The van der Waals surface area contributed by atoms with Crippen LogP contribution in [-0.4, -0.2) is 25.8 Å². The summed E-state index contributed by atoms with van der Waals surface area (Å²) in [5.41, 5.74) is 0.505. The SMILES string of the molecule is C=C1N[C@H]2CNCCN2c2cccc(C(F)(F)F)c21. The number of nitrogens with zero attached hydrogens (tertiary/aromatic N) is 1. The van der Waals surface area contributed by atoms with Crippen LogP contribution in [0.25, 0.3) is 5.70 Å². The van der Waals surface area contributed by atoms with Crippen molar-refractivity contribution in [3.63, 3.8) is 0 Å². The lowest BCUT2D eigenvalue weighted by atomic mass is 9.97. The first-order valence-corrected chi connectivity index (χ1v) is 6.12. The molecule has 0 amide bonds. The molecule has 1 saturated heterocycles. The highest BCUT2D eigenvalue weighted by molar-refractivity contribution is 5.81. The van der Waals surface area contributed by atoms with Gasteiger partial charge >= 0.3 is 6.18 Å². The van der Waals surface area contributed by atoms with Crippen LogP contribution in [0.15, 0.2) is 24.8 Å². The molecule has 1 aromatic carbocycles. The quantitative estimate of drug-likeness (QED) is 0.754. The minimum Gasteiger partial charge on any atom is -0.364 e. The minimum atomic E-state index is -4.36. The summed E-state index contributed by atoms with van der Waals surface area (Å²) < 4.78 is 39.2. The zero-order valence-electron chi connectivity index (χ0n) is 10.2. The standard InChI is InChI=1S/C13H14F3N3/c1-8-12-9(13(14,15)16)3-2-4-10(12)19-6-5-17-7-11(19)18-8/h2-4,11,17-18H,1,5-7H2/t11-/m1/s1. The van der Waals surface area contributed by atoms with Crippen LogP contribution in [0, 0.1) is 0 Å². The number of hydrogen-bond acceptors (Lipinski definition) is 3. The van der Waals surface area contributed by atoms with Crippen molar-refractivity contribution in [1.29, 1.82) is 0 Å². The van der Waals surface area contributed by atoms with E-state index in [1.54, 1.807) is 6.07 Å². The third-order valence-corrected chi connectivity index (χ3v) is 3.54. The van der Waals surface area contributed by atoms with Crippen molar-refractivity contribution in [3.8, 4) is 0 Å². The Labute approximate surface area is 109 Å². The van der Waals surface area contributed by atoms with Crippen LogP contribution < -0.4 is 15.5 Å². The minimum absolute atomic E-state index is 0.0303. The van der Waals surface area contributed by atoms with E-state index in [0.29, 0.717) is 24.5 Å². The van der Waals surface area contributed by atoms with Gasteiger partial charge in [0, 0.05) is 36.6 Å². The van der Waals surface area contributed by atoms with Crippen LogP contribution in [0.3, 0.4) is 0 Å². The Hall–Kier alpha value is -1.69. The van der Waals surface area contributed by atoms with E-state index in [2.05, 4.69) is 17.2 Å². The normalized spacial score (nSPS) is 22.6. The number of halogens is 3. The summed E-state index contributed by atoms with van der Waals surface area (Å²) in [5, 5.41) is 6.27. The fourth-order valence-corrected chi connectivity index (χ4v) is 2.73. The molecule has 0 unspecified atom stereocenters. The lowest BCUT2D eigenvalue weighted by Crippen LogP contribution is -2.59. The second-order valence-electron chi connectivity index (χ2n) is 4.73. The topological polar surface area (TPSA) is 27.3 Å². The maximum absolute atomic E-state index is 13.1. The van der Waals surface area contributed by atoms with Gasteiger partial charge < -0.3 is 15.5 Å². The van der Waals surface area contributed by atoms with Crippen LogP contribution >= 0.6 is 0 Å². The molecule has 1 fully saturated rings. The number of piperazine rings is 1. The van der Waals surface area contributed by atoms with Gasteiger partial charge in [-0.25, -0.2) is 0 Å². The van der Waals surface area contributed by atoms with E-state index >= 15 is 0 Å². The zero-order chi connectivity index (χ0) is 13.6. The summed E-state index contributed by atoms with van der Waals surface area (Å²) in [6.07, 6.45) is -4.39. The molecule has 0 radical (unpaired) electrons. The van der Waals surface area contributed by atoms with E-state index in [9.17, 15) is 13.2 Å². The summed E-state index contributed by atoms with van der Waals surface area (Å²) in [6.45, 7) is 5.89. The van der Waals surface area contributed by atoms with Crippen molar-refractivity contribution in [3.05, 3.63) is 35.9 Å². The molecule has 1 aromatic rings. The molecule has 0 aromatic heterocycles. The van der Waals surface area contributed by atoms with Crippen LogP contribution in [0.4, 0.5) is 18.9 Å². The van der Waals surface area contributed by atoms with Gasteiger partial charge in [-0.1, -0.05) is 12.6 Å². The van der Waals surface area contributed by atoms with Gasteiger partial charge in [-0.3, -0.25) is 0 Å². The maximum Gasteiger partial charge on any atom is 0.417 e. The zero-order valence-corrected chi connectivity index (χ0v) is 10.2. The predicted octanol–water partition coefficient (Wildman–Crippen LogP) is 2.01. The van der Waals surface area contributed by atoms with Gasteiger partial charge in [-0.05, 0) is 12.1 Å². The van der Waals surface area contributed by atoms with Gasteiger partial charge in [0.1, 0.15) is 6.17 Å². The van der Waals surface area contributed by atoms with Gasteiger partial charge in [0.15, 0.2) is 0 Å². The number of nitrogens with one attached hydrogen (secondary N) is 2. The average Bonchev–Trinajstić information content (AvgIpc) is 2.37. The van der Waals surface area contributed by atoms with Gasteiger partial charge in [0.2, 0.25) is 0 Å². The van der Waals surface area contributed by atoms with E-state index in [-0.39, 0.29) is 11.7 Å². The van der Waals surface area contributed by atoms with E-state index in [1.165, 1.54) is 6.07 Å². The van der Waals surface area contributed by atoms with E-state index in [1.807, 2.05) is 4.90 Å². The molecule has 2 aliphatic heterocycles. The fourth-order valence-electron chi connectivity index (χ4n) is 2.73. The third-order valence-electron chi connectivity index (χ3n) is 3.54. The highest BCUT2D eigenvalue weighted by Gasteiger charge is 2.39. The van der Waals surface area contributed by atoms with Crippen molar-refractivity contribution in [2.24, 2.45) is 0 Å². The second kappa shape index (κ2) is 4.16. The van der Waals surface area contributed by atoms with Gasteiger partial charge in [-0.2, -0.15) is 13.2 Å². The van der Waals surface area contributed by atoms with Crippen LogP contribution in [0.5, 0.6) is 0 Å². The number of benzene rings is 1. The van der Waals surface area contributed by atoms with Crippen molar-refractivity contribution in [2.45, 2.75) is 12.3 Å². The maximum atomic E-state index is 13.1. The fraction of sp³-hybridized carbons (Fsp3) is 0.385. The molecule has 102 valence electrons. The van der Waals surface area contributed by atoms with Gasteiger partial charge in [-0.15, -0.1) is 0 Å². The molecule has 0 saturated carbocycles. The first-order valence-electron chi connectivity index (χ1n) is 6.12. The largest absolute Gasteiger partial charge is 0.417 e. The second-order valence-corrected chi connectivity index (χ2v) is 4.73. The Kier molecular flexibility index (Phi) is 2.70. The summed E-state index contributed by atoms with van der Waals surface area (Å²) in [7, 11) is 0. The Bertz CT molecular complexity index is 524. The highest BCUT2D eigenvalue weighted by atomic mass is 19.4. The molecule has 1 atom stereocenters. The van der Waals surface area contributed by atoms with E-state index in [4.69, 9.17) is 0 Å². The first kappa shape index (κ1) is 12.3. The molecular formula is C13H14F3N3. The van der Waals surface area contributed by atoms with Crippen molar-refractivity contribution in [1.82, 2.24) is 10.6 Å². The molecule has 3 nitrogen and oxygen atoms in total. The van der Waals surface area contributed by atoms with Gasteiger partial charge in [0.05, 0.1) is 5.56 Å². The van der Waals surface area contributed by atoms with Crippen LogP contribution in [0.1, 0.15) is 11.1 Å². The van der Waals surface area contributed by atoms with Crippen molar-refractivity contribution >= 4 is 11.4 Å². The number of anilines is 1. The van der Waals surface area contributed by atoms with Crippen molar-refractivity contribution < 1.29 is 13.2 Å². The third kappa shape index (κ3) is 1.96. The molecule has 19 heavy (non-hydrogen) atoms. The molecule has 6 heteroatoms. The molecule has 2 N–H and O–H groups in total. The molecule has 2 aliphatic rings. The summed E-state index contributed by atoms with van der Waals surface area (Å²) in [6, 6.07) is 4.29. The number of hydrogen-bond donors (Lipinski definition) is 2. The Balaban J connectivity index is 2.14. The number of rotatable bonds is 0. The monoisotopic (exact) mass is 269 g/mol. The van der Waals surface area contributed by atoms with Crippen LogP contribution in [0.2, 0.25) is 0 Å². The van der Waals surface area contributed by atoms with Gasteiger partial charge in [0.25, 0.3) is 0 Å². The number of fused-ring (bicyclic) bond motifs is 3. The molecule has 2 heterocycles. The average molecular weight is 269 g/mol. The van der Waals surface area contributed by atoms with Crippen LogP contribution in [-0.2, 0) is 6.18 Å². The summed E-state index contributed by atoms with van der Waals surface area (Å²) >= 11 is 0. The van der Waals surface area contributed by atoms with E-state index < -0.39 is 11.7 Å². The lowest BCUT2D eigenvalue weighted by molar-refractivity contribution is -0.137. The van der Waals surface area contributed by atoms with Crippen molar-refractivity contribution in [2.75, 3.05) is 24.5 Å². The Morgan fingerprint density at radius 3 is 2.84 bits per heavy atom. The van der Waals surface area contributed by atoms with E-state index in [0.717, 1.165) is 12.6 Å².